The maximum Gasteiger partial charge on any atom is 0.237 e. The maximum atomic E-state index is 11.6. The van der Waals surface area contributed by atoms with Crippen molar-refractivity contribution in [1.82, 2.24) is 10.3 Å². The zero-order valence-corrected chi connectivity index (χ0v) is 9.86. The maximum absolute atomic E-state index is 11.6. The van der Waals surface area contributed by atoms with Crippen LogP contribution in [-0.2, 0) is 11.3 Å². The molecule has 0 spiro atoms. The summed E-state index contributed by atoms with van der Waals surface area (Å²) >= 11 is 0. The van der Waals surface area contributed by atoms with Gasteiger partial charge in [0.1, 0.15) is 0 Å². The Morgan fingerprint density at radius 1 is 1.62 bits per heavy atom. The number of pyridine rings is 1. The average Bonchev–Trinajstić information content (AvgIpc) is 2.28. The Hall–Kier alpha value is -1.42. The molecule has 1 aromatic rings. The minimum atomic E-state index is -0.396. The van der Waals surface area contributed by atoms with E-state index < -0.39 is 6.04 Å². The summed E-state index contributed by atoms with van der Waals surface area (Å²) in [5, 5.41) is 2.83. The van der Waals surface area contributed by atoms with E-state index in [0.29, 0.717) is 6.54 Å². The predicted molar refractivity (Wildman–Crippen MR) is 63.7 cm³/mol. The number of carbonyl (C=O) groups is 1. The molecule has 4 nitrogen and oxygen atoms in total. The number of amides is 1. The van der Waals surface area contributed by atoms with E-state index in [2.05, 4.69) is 10.3 Å². The second kappa shape index (κ2) is 6.23. The molecule has 0 radical (unpaired) electrons. The Balaban J connectivity index is 2.46. The number of hydrogen-bond acceptors (Lipinski definition) is 3. The molecule has 1 heterocycles. The van der Waals surface area contributed by atoms with Crippen molar-refractivity contribution in [2.45, 2.75) is 39.3 Å². The molecule has 0 fully saturated rings. The molecule has 0 aliphatic rings. The molecule has 0 saturated heterocycles. The number of nitrogens with two attached hydrogens (primary N) is 1. The highest BCUT2D eigenvalue weighted by Gasteiger charge is 2.11. The number of hydrogen-bond donors (Lipinski definition) is 2. The van der Waals surface area contributed by atoms with Crippen molar-refractivity contribution in [3.63, 3.8) is 0 Å². The fraction of sp³-hybridized carbons (Fsp3) is 0.500. The van der Waals surface area contributed by atoms with Gasteiger partial charge in [-0.05, 0) is 30.5 Å². The molecule has 4 heteroatoms. The fourth-order valence-corrected chi connectivity index (χ4v) is 1.46. The molecule has 88 valence electrons. The summed E-state index contributed by atoms with van der Waals surface area (Å²) in [5.74, 6) is -0.0851. The van der Waals surface area contributed by atoms with Gasteiger partial charge in [0.15, 0.2) is 0 Å². The molecule has 0 aromatic carbocycles. The lowest BCUT2D eigenvalue weighted by atomic mass is 10.1. The van der Waals surface area contributed by atoms with Crippen LogP contribution in [0, 0.1) is 6.92 Å². The Morgan fingerprint density at radius 3 is 3.00 bits per heavy atom. The summed E-state index contributed by atoms with van der Waals surface area (Å²) in [7, 11) is 0. The van der Waals surface area contributed by atoms with Crippen LogP contribution in [-0.4, -0.2) is 16.9 Å². The van der Waals surface area contributed by atoms with Crippen molar-refractivity contribution < 1.29 is 4.79 Å². The lowest BCUT2D eigenvalue weighted by Crippen LogP contribution is -2.40. The smallest absolute Gasteiger partial charge is 0.237 e. The van der Waals surface area contributed by atoms with Gasteiger partial charge in [-0.2, -0.15) is 0 Å². The van der Waals surface area contributed by atoms with Crippen LogP contribution >= 0.6 is 0 Å². The van der Waals surface area contributed by atoms with E-state index in [9.17, 15) is 4.79 Å². The van der Waals surface area contributed by atoms with Crippen molar-refractivity contribution in [1.29, 1.82) is 0 Å². The van der Waals surface area contributed by atoms with E-state index in [1.165, 1.54) is 0 Å². The molecule has 0 bridgehead atoms. The Morgan fingerprint density at radius 2 is 2.38 bits per heavy atom. The highest BCUT2D eigenvalue weighted by Crippen LogP contribution is 2.04. The average molecular weight is 221 g/mol. The number of rotatable bonds is 5. The second-order valence-electron chi connectivity index (χ2n) is 3.92. The quantitative estimate of drug-likeness (QED) is 0.783. The van der Waals surface area contributed by atoms with Crippen LogP contribution < -0.4 is 11.1 Å². The summed E-state index contributed by atoms with van der Waals surface area (Å²) in [6.07, 6.45) is 5.15. The van der Waals surface area contributed by atoms with Crippen molar-refractivity contribution in [3.05, 3.63) is 29.6 Å². The molecule has 1 atom stereocenters. The third kappa shape index (κ3) is 3.62. The normalized spacial score (nSPS) is 12.2. The van der Waals surface area contributed by atoms with Gasteiger partial charge < -0.3 is 11.1 Å². The minimum Gasteiger partial charge on any atom is -0.351 e. The van der Waals surface area contributed by atoms with Gasteiger partial charge in [0.05, 0.1) is 6.04 Å². The number of aromatic nitrogens is 1. The van der Waals surface area contributed by atoms with Crippen molar-refractivity contribution in [2.24, 2.45) is 5.73 Å². The standard InChI is InChI=1S/C12H19N3O/c1-3-4-11(13)12(16)15-8-10-5-6-14-7-9(10)2/h5-7,11H,3-4,8,13H2,1-2H3,(H,15,16)/t11-/m0/s1. The summed E-state index contributed by atoms with van der Waals surface area (Å²) in [4.78, 5) is 15.6. The molecule has 0 saturated carbocycles. The molecule has 0 aliphatic heterocycles. The number of nitrogens with zero attached hydrogens (tertiary/aromatic N) is 1. The van der Waals surface area contributed by atoms with Crippen LogP contribution in [0.2, 0.25) is 0 Å². The van der Waals surface area contributed by atoms with E-state index >= 15 is 0 Å². The largest absolute Gasteiger partial charge is 0.351 e. The zero-order chi connectivity index (χ0) is 12.0. The first-order valence-electron chi connectivity index (χ1n) is 5.58. The molecular weight excluding hydrogens is 202 g/mol. The van der Waals surface area contributed by atoms with Crippen LogP contribution in [0.3, 0.4) is 0 Å². The van der Waals surface area contributed by atoms with Gasteiger partial charge in [-0.1, -0.05) is 13.3 Å². The SMILES string of the molecule is CCC[C@H](N)C(=O)NCc1ccncc1C. The second-order valence-corrected chi connectivity index (χ2v) is 3.92. The van der Waals surface area contributed by atoms with Crippen LogP contribution in [0.15, 0.2) is 18.5 Å². The summed E-state index contributed by atoms with van der Waals surface area (Å²) in [5.41, 5.74) is 7.86. The van der Waals surface area contributed by atoms with Gasteiger partial charge in [-0.15, -0.1) is 0 Å². The van der Waals surface area contributed by atoms with Gasteiger partial charge in [-0.25, -0.2) is 0 Å². The van der Waals surface area contributed by atoms with Crippen LogP contribution in [0.1, 0.15) is 30.9 Å². The molecule has 0 unspecified atom stereocenters. The van der Waals surface area contributed by atoms with Crippen LogP contribution in [0.25, 0.3) is 0 Å². The van der Waals surface area contributed by atoms with Crippen LogP contribution in [0.4, 0.5) is 0 Å². The summed E-state index contributed by atoms with van der Waals surface area (Å²) in [6, 6.07) is 1.51. The van der Waals surface area contributed by atoms with Crippen LogP contribution in [0.5, 0.6) is 0 Å². The lowest BCUT2D eigenvalue weighted by molar-refractivity contribution is -0.122. The first-order chi connectivity index (χ1) is 7.65. The molecule has 16 heavy (non-hydrogen) atoms. The third-order valence-corrected chi connectivity index (χ3v) is 2.53. The topological polar surface area (TPSA) is 68.0 Å². The number of nitrogens with one attached hydrogen (secondary N) is 1. The van der Waals surface area contributed by atoms with E-state index in [4.69, 9.17) is 5.73 Å². The third-order valence-electron chi connectivity index (χ3n) is 2.53. The predicted octanol–water partition coefficient (Wildman–Crippen LogP) is 1.13. The molecule has 1 amide bonds. The summed E-state index contributed by atoms with van der Waals surface area (Å²) < 4.78 is 0. The number of carbonyl (C=O) groups excluding carboxylic acids is 1. The van der Waals surface area contributed by atoms with E-state index in [1.54, 1.807) is 12.4 Å². The minimum absolute atomic E-state index is 0.0851. The van der Waals surface area contributed by atoms with Crippen molar-refractivity contribution in [2.75, 3.05) is 0 Å². The van der Waals surface area contributed by atoms with Gasteiger partial charge in [0.25, 0.3) is 0 Å². The van der Waals surface area contributed by atoms with Gasteiger partial charge in [0, 0.05) is 18.9 Å². The lowest BCUT2D eigenvalue weighted by Gasteiger charge is -2.12. The zero-order valence-electron chi connectivity index (χ0n) is 9.86. The van der Waals surface area contributed by atoms with Crippen molar-refractivity contribution >= 4 is 5.91 Å². The fourth-order valence-electron chi connectivity index (χ4n) is 1.46. The van der Waals surface area contributed by atoms with E-state index in [1.807, 2.05) is 19.9 Å². The van der Waals surface area contributed by atoms with Gasteiger partial charge in [-0.3, -0.25) is 9.78 Å². The highest BCUT2D eigenvalue weighted by atomic mass is 16.2. The molecule has 1 rings (SSSR count). The van der Waals surface area contributed by atoms with E-state index in [0.717, 1.165) is 24.0 Å². The summed E-state index contributed by atoms with van der Waals surface area (Å²) in [6.45, 7) is 4.51. The molecule has 3 N–H and O–H groups in total. The molecule has 1 aromatic heterocycles. The molecule has 0 aliphatic carbocycles. The van der Waals surface area contributed by atoms with Gasteiger partial charge >= 0.3 is 0 Å². The highest BCUT2D eigenvalue weighted by molar-refractivity contribution is 5.81. The Kier molecular flexibility index (Phi) is 4.92. The first kappa shape index (κ1) is 12.6. The van der Waals surface area contributed by atoms with E-state index in [-0.39, 0.29) is 5.91 Å². The Bertz CT molecular complexity index is 352. The van der Waals surface area contributed by atoms with Gasteiger partial charge in [0.2, 0.25) is 5.91 Å². The monoisotopic (exact) mass is 221 g/mol. The van der Waals surface area contributed by atoms with Crippen molar-refractivity contribution in [3.8, 4) is 0 Å². The first-order valence-corrected chi connectivity index (χ1v) is 5.58. The molecular formula is C12H19N3O. The Labute approximate surface area is 96.3 Å². The number of aryl methyl sites for hydroxylation is 1.